The van der Waals surface area contributed by atoms with Crippen molar-refractivity contribution in [3.05, 3.63) is 54.0 Å². The van der Waals surface area contributed by atoms with Crippen LogP contribution in [-0.2, 0) is 11.3 Å². The fourth-order valence-electron chi connectivity index (χ4n) is 2.00. The second-order valence-corrected chi connectivity index (χ2v) is 7.99. The summed E-state index contributed by atoms with van der Waals surface area (Å²) < 4.78 is 5.94. The van der Waals surface area contributed by atoms with Crippen molar-refractivity contribution in [1.82, 2.24) is 15.5 Å². The van der Waals surface area contributed by atoms with Crippen molar-refractivity contribution in [2.45, 2.75) is 30.0 Å². The topological polar surface area (TPSA) is 80.0 Å². The lowest BCUT2D eigenvalue weighted by molar-refractivity contribution is -0.120. The predicted molar refractivity (Wildman–Crippen MR) is 100 cm³/mol. The molecule has 0 aliphatic carbocycles. The van der Waals surface area contributed by atoms with Crippen LogP contribution >= 0.6 is 23.1 Å². The number of carbonyl (C=O) groups is 1. The second kappa shape index (κ2) is 8.17. The van der Waals surface area contributed by atoms with Gasteiger partial charge in [-0.1, -0.05) is 40.8 Å². The first-order valence-corrected chi connectivity index (χ1v) is 9.44. The van der Waals surface area contributed by atoms with Gasteiger partial charge in [0.05, 0.1) is 18.1 Å². The van der Waals surface area contributed by atoms with Gasteiger partial charge in [-0.25, -0.2) is 0 Å². The molecule has 0 saturated carbocycles. The molecule has 0 aliphatic rings. The maximum atomic E-state index is 12.1. The third-order valence-corrected chi connectivity index (χ3v) is 5.40. The largest absolute Gasteiger partial charge is 0.467 e. The average Bonchev–Trinajstić information content (AvgIpc) is 3.27. The van der Waals surface area contributed by atoms with E-state index >= 15 is 0 Å². The highest BCUT2D eigenvalue weighted by Crippen LogP contribution is 2.30. The molecule has 1 aromatic carbocycles. The van der Waals surface area contributed by atoms with Gasteiger partial charge in [-0.3, -0.25) is 4.79 Å². The van der Waals surface area contributed by atoms with E-state index in [0.29, 0.717) is 11.7 Å². The second-order valence-electron chi connectivity index (χ2n) is 5.42. The highest BCUT2D eigenvalue weighted by Gasteiger charge is 2.17. The molecule has 3 aromatic rings. The SMILES string of the molecule is Cc1ccc(Nc2nnc(S[C@@H](C)C(=O)NCc3ccco3)s2)cc1. The Morgan fingerprint density at radius 1 is 1.28 bits per heavy atom. The summed E-state index contributed by atoms with van der Waals surface area (Å²) in [5, 5.41) is 14.8. The highest BCUT2D eigenvalue weighted by atomic mass is 32.2. The summed E-state index contributed by atoms with van der Waals surface area (Å²) in [7, 11) is 0. The maximum Gasteiger partial charge on any atom is 0.233 e. The molecule has 2 heterocycles. The van der Waals surface area contributed by atoms with Crippen LogP contribution in [0.15, 0.2) is 51.4 Å². The van der Waals surface area contributed by atoms with E-state index in [4.69, 9.17) is 4.42 Å². The van der Waals surface area contributed by atoms with Gasteiger partial charge >= 0.3 is 0 Å². The lowest BCUT2D eigenvalue weighted by atomic mass is 10.2. The molecule has 0 unspecified atom stereocenters. The van der Waals surface area contributed by atoms with Crippen LogP contribution < -0.4 is 10.6 Å². The minimum absolute atomic E-state index is 0.0651. The molecule has 0 saturated heterocycles. The molecule has 130 valence electrons. The van der Waals surface area contributed by atoms with Gasteiger partial charge in [0.2, 0.25) is 11.0 Å². The molecule has 1 atom stereocenters. The van der Waals surface area contributed by atoms with Crippen molar-refractivity contribution in [2.75, 3.05) is 5.32 Å². The number of benzene rings is 1. The number of aromatic nitrogens is 2. The van der Waals surface area contributed by atoms with Gasteiger partial charge in [0.25, 0.3) is 0 Å². The molecular formula is C17H18N4O2S2. The first-order valence-electron chi connectivity index (χ1n) is 7.74. The summed E-state index contributed by atoms with van der Waals surface area (Å²) in [5.41, 5.74) is 2.16. The fourth-order valence-corrected chi connectivity index (χ4v) is 3.94. The van der Waals surface area contributed by atoms with Gasteiger partial charge < -0.3 is 15.1 Å². The Kier molecular flexibility index (Phi) is 5.72. The molecule has 1 amide bonds. The standard InChI is InChI=1S/C17H18N4O2S2/c1-11-5-7-13(8-6-11)19-16-20-21-17(25-16)24-12(2)15(22)18-10-14-4-3-9-23-14/h3-9,12H,10H2,1-2H3,(H,18,22)(H,19,20)/t12-/m0/s1. The number of furan rings is 1. The molecule has 0 bridgehead atoms. The molecule has 0 spiro atoms. The number of rotatable bonds is 7. The van der Waals surface area contributed by atoms with Gasteiger partial charge in [0, 0.05) is 5.69 Å². The highest BCUT2D eigenvalue weighted by molar-refractivity contribution is 8.02. The number of amides is 1. The van der Waals surface area contributed by atoms with Crippen molar-refractivity contribution in [2.24, 2.45) is 0 Å². The van der Waals surface area contributed by atoms with E-state index in [1.807, 2.05) is 44.2 Å². The molecule has 2 aromatic heterocycles. The molecule has 3 rings (SSSR count). The smallest absolute Gasteiger partial charge is 0.233 e. The van der Waals surface area contributed by atoms with Crippen molar-refractivity contribution in [3.8, 4) is 0 Å². The zero-order chi connectivity index (χ0) is 17.6. The van der Waals surface area contributed by atoms with Crippen LogP contribution in [0.4, 0.5) is 10.8 Å². The summed E-state index contributed by atoms with van der Waals surface area (Å²) in [6.07, 6.45) is 1.59. The number of nitrogens with zero attached hydrogens (tertiary/aromatic N) is 2. The fraction of sp³-hybridized carbons (Fsp3) is 0.235. The van der Waals surface area contributed by atoms with Crippen LogP contribution in [0, 0.1) is 6.92 Å². The van der Waals surface area contributed by atoms with Crippen molar-refractivity contribution in [1.29, 1.82) is 0 Å². The van der Waals surface area contributed by atoms with E-state index in [0.717, 1.165) is 15.8 Å². The monoisotopic (exact) mass is 374 g/mol. The van der Waals surface area contributed by atoms with Crippen molar-refractivity contribution >= 4 is 39.8 Å². The number of carbonyl (C=O) groups excluding carboxylic acids is 1. The van der Waals surface area contributed by atoms with Gasteiger partial charge in [0.1, 0.15) is 5.76 Å². The van der Waals surface area contributed by atoms with Crippen molar-refractivity contribution in [3.63, 3.8) is 0 Å². The van der Waals surface area contributed by atoms with Crippen molar-refractivity contribution < 1.29 is 9.21 Å². The average molecular weight is 374 g/mol. The van der Waals surface area contributed by atoms with Crippen LogP contribution in [0.5, 0.6) is 0 Å². The molecular weight excluding hydrogens is 356 g/mol. The lowest BCUT2D eigenvalue weighted by Gasteiger charge is -2.08. The Balaban J connectivity index is 1.51. The van der Waals surface area contributed by atoms with Crippen LogP contribution in [-0.4, -0.2) is 21.4 Å². The number of nitrogens with one attached hydrogen (secondary N) is 2. The molecule has 25 heavy (non-hydrogen) atoms. The van der Waals surface area contributed by atoms with Crippen LogP contribution in [0.25, 0.3) is 0 Å². The Hall–Kier alpha value is -2.32. The molecule has 0 fully saturated rings. The minimum atomic E-state index is -0.268. The number of anilines is 2. The molecule has 8 heteroatoms. The summed E-state index contributed by atoms with van der Waals surface area (Å²) >= 11 is 2.81. The zero-order valence-corrected chi connectivity index (χ0v) is 15.5. The molecule has 2 N–H and O–H groups in total. The minimum Gasteiger partial charge on any atom is -0.467 e. The molecule has 6 nitrogen and oxygen atoms in total. The third kappa shape index (κ3) is 5.07. The number of thioether (sulfide) groups is 1. The first-order chi connectivity index (χ1) is 12.1. The number of hydrogen-bond acceptors (Lipinski definition) is 7. The predicted octanol–water partition coefficient (Wildman–Crippen LogP) is 3.98. The van der Waals surface area contributed by atoms with Crippen LogP contribution in [0.3, 0.4) is 0 Å². The first kappa shape index (κ1) is 17.5. The van der Waals surface area contributed by atoms with E-state index in [1.54, 1.807) is 12.3 Å². The van der Waals surface area contributed by atoms with Crippen LogP contribution in [0.2, 0.25) is 0 Å². The quantitative estimate of drug-likeness (QED) is 0.609. The lowest BCUT2D eigenvalue weighted by Crippen LogP contribution is -2.30. The van der Waals surface area contributed by atoms with E-state index < -0.39 is 0 Å². The Morgan fingerprint density at radius 2 is 2.08 bits per heavy atom. The number of aryl methyl sites for hydroxylation is 1. The van der Waals surface area contributed by atoms with Gasteiger partial charge in [-0.2, -0.15) is 0 Å². The third-order valence-electron chi connectivity index (χ3n) is 3.37. The molecule has 0 aliphatic heterocycles. The van der Waals surface area contributed by atoms with Crippen LogP contribution in [0.1, 0.15) is 18.2 Å². The summed E-state index contributed by atoms with van der Waals surface area (Å²) in [4.78, 5) is 12.1. The zero-order valence-electron chi connectivity index (χ0n) is 13.9. The van der Waals surface area contributed by atoms with E-state index in [1.165, 1.54) is 28.7 Å². The molecule has 0 radical (unpaired) electrons. The maximum absolute atomic E-state index is 12.1. The van der Waals surface area contributed by atoms with E-state index in [9.17, 15) is 4.79 Å². The summed E-state index contributed by atoms with van der Waals surface area (Å²) in [5.74, 6) is 0.663. The van der Waals surface area contributed by atoms with E-state index in [2.05, 4.69) is 20.8 Å². The Morgan fingerprint density at radius 3 is 2.80 bits per heavy atom. The Bertz CT molecular complexity index is 816. The van der Waals surface area contributed by atoms with Gasteiger partial charge in [0.15, 0.2) is 4.34 Å². The van der Waals surface area contributed by atoms with E-state index in [-0.39, 0.29) is 11.2 Å². The van der Waals surface area contributed by atoms with Gasteiger partial charge in [-0.15, -0.1) is 10.2 Å². The van der Waals surface area contributed by atoms with Gasteiger partial charge in [-0.05, 0) is 38.1 Å². The summed E-state index contributed by atoms with van der Waals surface area (Å²) in [6, 6.07) is 11.7. The number of hydrogen-bond donors (Lipinski definition) is 2. The normalized spacial score (nSPS) is 11.9. The summed E-state index contributed by atoms with van der Waals surface area (Å²) in [6.45, 7) is 4.27. The Labute approximate surface area is 154 Å².